The van der Waals surface area contributed by atoms with Gasteiger partial charge in [0.15, 0.2) is 8.32 Å². The summed E-state index contributed by atoms with van der Waals surface area (Å²) in [6.07, 6.45) is 0. The molecule has 2 nitrogen and oxygen atoms in total. The molecular formula is C14H23BrO2Si. The van der Waals surface area contributed by atoms with Gasteiger partial charge in [-0.3, -0.25) is 0 Å². The van der Waals surface area contributed by atoms with Gasteiger partial charge in [0.2, 0.25) is 0 Å². The molecule has 0 heterocycles. The predicted molar refractivity (Wildman–Crippen MR) is 82.7 cm³/mol. The van der Waals surface area contributed by atoms with E-state index in [1.807, 2.05) is 18.2 Å². The SMILES string of the molecule is CC[Si](CC)(CC)OCc1cc(OC)ccc1Br. The first-order chi connectivity index (χ1) is 8.60. The zero-order valence-electron chi connectivity index (χ0n) is 11.8. The van der Waals surface area contributed by atoms with Crippen molar-refractivity contribution in [1.82, 2.24) is 0 Å². The third kappa shape index (κ3) is 3.83. The van der Waals surface area contributed by atoms with Crippen molar-refractivity contribution in [2.75, 3.05) is 7.11 Å². The highest BCUT2D eigenvalue weighted by Gasteiger charge is 2.28. The van der Waals surface area contributed by atoms with E-state index >= 15 is 0 Å². The van der Waals surface area contributed by atoms with Crippen LogP contribution in [0.5, 0.6) is 5.75 Å². The molecule has 0 unspecified atom stereocenters. The number of hydrogen-bond donors (Lipinski definition) is 0. The summed E-state index contributed by atoms with van der Waals surface area (Å²) >= 11 is 3.57. The fraction of sp³-hybridized carbons (Fsp3) is 0.571. The van der Waals surface area contributed by atoms with Crippen LogP contribution in [-0.4, -0.2) is 15.4 Å². The minimum Gasteiger partial charge on any atom is -0.497 e. The lowest BCUT2D eigenvalue weighted by Gasteiger charge is -2.28. The first-order valence-electron chi connectivity index (χ1n) is 6.57. The van der Waals surface area contributed by atoms with E-state index in [-0.39, 0.29) is 0 Å². The van der Waals surface area contributed by atoms with Gasteiger partial charge < -0.3 is 9.16 Å². The van der Waals surface area contributed by atoms with Crippen LogP contribution in [0.4, 0.5) is 0 Å². The minimum atomic E-state index is -1.51. The summed E-state index contributed by atoms with van der Waals surface area (Å²) in [5, 5.41) is 0. The van der Waals surface area contributed by atoms with Gasteiger partial charge in [0, 0.05) is 4.47 Å². The largest absolute Gasteiger partial charge is 0.497 e. The molecule has 1 rings (SSSR count). The Bertz CT molecular complexity index is 370. The quantitative estimate of drug-likeness (QED) is 0.656. The van der Waals surface area contributed by atoms with Crippen LogP contribution in [-0.2, 0) is 11.0 Å². The maximum atomic E-state index is 6.30. The van der Waals surface area contributed by atoms with Crippen molar-refractivity contribution in [2.45, 2.75) is 45.5 Å². The number of rotatable bonds is 7. The lowest BCUT2D eigenvalue weighted by atomic mass is 10.2. The minimum absolute atomic E-state index is 0.680. The summed E-state index contributed by atoms with van der Waals surface area (Å²) in [6.45, 7) is 7.43. The average molecular weight is 331 g/mol. The monoisotopic (exact) mass is 330 g/mol. The molecule has 0 saturated carbocycles. The van der Waals surface area contributed by atoms with Crippen molar-refractivity contribution in [2.24, 2.45) is 0 Å². The second kappa shape index (κ2) is 7.31. The fourth-order valence-electron chi connectivity index (χ4n) is 2.08. The summed E-state index contributed by atoms with van der Waals surface area (Å²) in [7, 11) is 0.179. The van der Waals surface area contributed by atoms with E-state index < -0.39 is 8.32 Å². The van der Waals surface area contributed by atoms with Crippen LogP contribution in [0, 0.1) is 0 Å². The molecule has 0 N–H and O–H groups in total. The first kappa shape index (κ1) is 15.7. The molecule has 102 valence electrons. The van der Waals surface area contributed by atoms with E-state index in [1.54, 1.807) is 7.11 Å². The van der Waals surface area contributed by atoms with Crippen LogP contribution in [0.3, 0.4) is 0 Å². The Hall–Kier alpha value is -0.323. The van der Waals surface area contributed by atoms with E-state index in [0.29, 0.717) is 6.61 Å². The Morgan fingerprint density at radius 1 is 1.11 bits per heavy atom. The number of methoxy groups -OCH3 is 1. The summed E-state index contributed by atoms with van der Waals surface area (Å²) in [6, 6.07) is 9.57. The molecular weight excluding hydrogens is 308 g/mol. The summed E-state index contributed by atoms with van der Waals surface area (Å²) in [4.78, 5) is 0. The number of ether oxygens (including phenoxy) is 1. The van der Waals surface area contributed by atoms with E-state index in [4.69, 9.17) is 9.16 Å². The van der Waals surface area contributed by atoms with Crippen molar-refractivity contribution in [1.29, 1.82) is 0 Å². The number of benzene rings is 1. The van der Waals surface area contributed by atoms with Crippen LogP contribution < -0.4 is 4.74 Å². The smallest absolute Gasteiger partial charge is 0.192 e. The average Bonchev–Trinajstić information content (AvgIpc) is 2.42. The Morgan fingerprint density at radius 3 is 2.22 bits per heavy atom. The molecule has 0 spiro atoms. The highest BCUT2D eigenvalue weighted by Crippen LogP contribution is 2.27. The molecule has 0 aliphatic rings. The highest BCUT2D eigenvalue weighted by molar-refractivity contribution is 9.10. The third-order valence-electron chi connectivity index (χ3n) is 3.72. The molecule has 0 radical (unpaired) electrons. The zero-order valence-corrected chi connectivity index (χ0v) is 14.3. The lowest BCUT2D eigenvalue weighted by molar-refractivity contribution is 0.286. The fourth-order valence-corrected chi connectivity index (χ4v) is 5.01. The Kier molecular flexibility index (Phi) is 6.39. The number of halogens is 1. The van der Waals surface area contributed by atoms with Gasteiger partial charge in [-0.2, -0.15) is 0 Å². The molecule has 0 fully saturated rings. The predicted octanol–water partition coefficient (Wildman–Crippen LogP) is 4.98. The standard InChI is InChI=1S/C14H23BrO2Si/c1-5-18(6-2,7-3)17-11-12-10-13(16-4)8-9-14(12)15/h8-10H,5-7,11H2,1-4H3. The van der Waals surface area contributed by atoms with Gasteiger partial charge in [-0.25, -0.2) is 0 Å². The number of hydrogen-bond acceptors (Lipinski definition) is 2. The van der Waals surface area contributed by atoms with Crippen molar-refractivity contribution in [3.8, 4) is 5.75 Å². The van der Waals surface area contributed by atoms with Crippen LogP contribution in [0.15, 0.2) is 22.7 Å². The van der Waals surface area contributed by atoms with Crippen LogP contribution >= 0.6 is 15.9 Å². The maximum Gasteiger partial charge on any atom is 0.192 e. The van der Waals surface area contributed by atoms with Crippen molar-refractivity contribution >= 4 is 24.2 Å². The Morgan fingerprint density at radius 2 is 1.72 bits per heavy atom. The molecule has 0 aliphatic heterocycles. The molecule has 0 atom stereocenters. The van der Waals surface area contributed by atoms with Crippen LogP contribution in [0.25, 0.3) is 0 Å². The normalized spacial score (nSPS) is 11.6. The molecule has 0 aromatic heterocycles. The Balaban J connectivity index is 2.78. The molecule has 0 bridgehead atoms. The third-order valence-corrected chi connectivity index (χ3v) is 9.12. The van der Waals surface area contributed by atoms with Gasteiger partial charge in [-0.15, -0.1) is 0 Å². The summed E-state index contributed by atoms with van der Waals surface area (Å²) in [5.41, 5.74) is 1.17. The van der Waals surface area contributed by atoms with E-state index in [2.05, 4.69) is 36.7 Å². The van der Waals surface area contributed by atoms with E-state index in [1.165, 1.54) is 23.7 Å². The van der Waals surface area contributed by atoms with Gasteiger partial charge in [-0.05, 0) is 41.9 Å². The van der Waals surface area contributed by atoms with Crippen LogP contribution in [0.1, 0.15) is 26.3 Å². The van der Waals surface area contributed by atoms with Gasteiger partial charge in [-0.1, -0.05) is 36.7 Å². The molecule has 4 heteroatoms. The van der Waals surface area contributed by atoms with Gasteiger partial charge in [0.25, 0.3) is 0 Å². The molecule has 0 amide bonds. The van der Waals surface area contributed by atoms with Gasteiger partial charge in [0.1, 0.15) is 5.75 Å². The maximum absolute atomic E-state index is 6.30. The van der Waals surface area contributed by atoms with Crippen molar-refractivity contribution in [3.63, 3.8) is 0 Å². The molecule has 18 heavy (non-hydrogen) atoms. The van der Waals surface area contributed by atoms with Gasteiger partial charge >= 0.3 is 0 Å². The second-order valence-electron chi connectivity index (χ2n) is 4.49. The van der Waals surface area contributed by atoms with E-state index in [9.17, 15) is 0 Å². The lowest BCUT2D eigenvalue weighted by Crippen LogP contribution is -2.35. The highest BCUT2D eigenvalue weighted by atomic mass is 79.9. The van der Waals surface area contributed by atoms with Crippen molar-refractivity contribution < 1.29 is 9.16 Å². The van der Waals surface area contributed by atoms with Crippen LogP contribution in [0.2, 0.25) is 18.1 Å². The first-order valence-corrected chi connectivity index (χ1v) is 9.89. The summed E-state index contributed by atoms with van der Waals surface area (Å²) in [5.74, 6) is 0.883. The molecule has 1 aromatic rings. The summed E-state index contributed by atoms with van der Waals surface area (Å²) < 4.78 is 12.6. The van der Waals surface area contributed by atoms with E-state index in [0.717, 1.165) is 10.2 Å². The van der Waals surface area contributed by atoms with Gasteiger partial charge in [0.05, 0.1) is 13.7 Å². The molecule has 1 aromatic carbocycles. The molecule has 0 saturated heterocycles. The Labute approximate surface area is 120 Å². The molecule has 0 aliphatic carbocycles. The topological polar surface area (TPSA) is 18.5 Å². The second-order valence-corrected chi connectivity index (χ2v) is 10.1. The zero-order chi connectivity index (χ0) is 13.6. The van der Waals surface area contributed by atoms with Crippen molar-refractivity contribution in [3.05, 3.63) is 28.2 Å².